The fraction of sp³-hybridized carbons (Fsp3) is 0.917. The van der Waals surface area contributed by atoms with Crippen LogP contribution in [0.2, 0.25) is 0 Å². The summed E-state index contributed by atoms with van der Waals surface area (Å²) in [5.74, 6) is 0.910. The summed E-state index contributed by atoms with van der Waals surface area (Å²) in [6.45, 7) is 2.03. The van der Waals surface area contributed by atoms with E-state index in [4.69, 9.17) is 16.3 Å². The molecule has 0 N–H and O–H groups in total. The Morgan fingerprint density at radius 1 is 1.40 bits per heavy atom. The maximum absolute atomic E-state index is 11.9. The van der Waals surface area contributed by atoms with Gasteiger partial charge in [-0.15, -0.1) is 11.6 Å². The molecule has 0 heterocycles. The van der Waals surface area contributed by atoms with Gasteiger partial charge in [-0.3, -0.25) is 4.79 Å². The molecule has 15 heavy (non-hydrogen) atoms. The molecular formula is C12H19ClO2. The predicted octanol–water partition coefficient (Wildman–Crippen LogP) is 2.98. The third-order valence-corrected chi connectivity index (χ3v) is 4.86. The first-order valence-corrected chi connectivity index (χ1v) is 6.25. The van der Waals surface area contributed by atoms with Crippen LogP contribution < -0.4 is 0 Å². The zero-order valence-corrected chi connectivity index (χ0v) is 10.2. The van der Waals surface area contributed by atoms with Gasteiger partial charge in [0, 0.05) is 5.38 Å². The van der Waals surface area contributed by atoms with E-state index in [9.17, 15) is 4.79 Å². The molecule has 0 aliphatic heterocycles. The Labute approximate surface area is 96.3 Å². The lowest BCUT2D eigenvalue weighted by molar-refractivity contribution is -0.154. The Kier molecular flexibility index (Phi) is 2.98. The van der Waals surface area contributed by atoms with Gasteiger partial charge in [-0.2, -0.15) is 0 Å². The summed E-state index contributed by atoms with van der Waals surface area (Å²) in [4.78, 5) is 11.9. The summed E-state index contributed by atoms with van der Waals surface area (Å²) in [6, 6.07) is 0. The Balaban J connectivity index is 2.23. The van der Waals surface area contributed by atoms with Crippen molar-refractivity contribution >= 4 is 17.6 Å². The van der Waals surface area contributed by atoms with Gasteiger partial charge < -0.3 is 4.74 Å². The molecule has 3 heteroatoms. The molecule has 0 aromatic heterocycles. The van der Waals surface area contributed by atoms with Crippen molar-refractivity contribution < 1.29 is 9.53 Å². The predicted molar refractivity (Wildman–Crippen MR) is 59.8 cm³/mol. The molecular weight excluding hydrogens is 212 g/mol. The molecule has 0 amide bonds. The number of methoxy groups -OCH3 is 1. The largest absolute Gasteiger partial charge is 0.469 e. The number of rotatable bonds is 1. The summed E-state index contributed by atoms with van der Waals surface area (Å²) in [5, 5.41) is 0.162. The number of alkyl halides is 1. The van der Waals surface area contributed by atoms with Gasteiger partial charge in [-0.1, -0.05) is 12.8 Å². The SMILES string of the molecule is COC(=O)[C@]1(C)CC[C@H]2CCC[C@H](Cl)[C@H]21. The Hall–Kier alpha value is -0.240. The van der Waals surface area contributed by atoms with E-state index in [0.717, 1.165) is 19.3 Å². The molecule has 2 aliphatic rings. The van der Waals surface area contributed by atoms with Crippen LogP contribution in [-0.2, 0) is 9.53 Å². The van der Waals surface area contributed by atoms with Crippen molar-refractivity contribution in [1.29, 1.82) is 0 Å². The van der Waals surface area contributed by atoms with Crippen molar-refractivity contribution in [2.24, 2.45) is 17.3 Å². The minimum Gasteiger partial charge on any atom is -0.469 e. The van der Waals surface area contributed by atoms with Crippen molar-refractivity contribution in [3.63, 3.8) is 0 Å². The molecule has 0 radical (unpaired) electrons. The Morgan fingerprint density at radius 2 is 2.13 bits per heavy atom. The fourth-order valence-corrected chi connectivity index (χ4v) is 4.23. The number of fused-ring (bicyclic) bond motifs is 1. The minimum atomic E-state index is -0.327. The van der Waals surface area contributed by atoms with E-state index in [0.29, 0.717) is 11.8 Å². The average molecular weight is 231 g/mol. The topological polar surface area (TPSA) is 26.3 Å². The molecule has 4 atom stereocenters. The van der Waals surface area contributed by atoms with E-state index in [-0.39, 0.29) is 16.8 Å². The lowest BCUT2D eigenvalue weighted by Crippen LogP contribution is -2.41. The van der Waals surface area contributed by atoms with E-state index >= 15 is 0 Å². The van der Waals surface area contributed by atoms with Gasteiger partial charge in [0.15, 0.2) is 0 Å². The lowest BCUT2D eigenvalue weighted by Gasteiger charge is -2.38. The van der Waals surface area contributed by atoms with Crippen LogP contribution in [0.15, 0.2) is 0 Å². The molecule has 2 rings (SSSR count). The molecule has 0 bridgehead atoms. The molecule has 86 valence electrons. The molecule has 2 nitrogen and oxygen atoms in total. The van der Waals surface area contributed by atoms with Crippen molar-refractivity contribution in [3.8, 4) is 0 Å². The van der Waals surface area contributed by atoms with Gasteiger partial charge in [0.1, 0.15) is 0 Å². The normalized spacial score (nSPS) is 44.9. The number of carbonyl (C=O) groups excluding carboxylic acids is 1. The van der Waals surface area contributed by atoms with E-state index in [1.165, 1.54) is 20.0 Å². The van der Waals surface area contributed by atoms with Crippen LogP contribution in [0, 0.1) is 17.3 Å². The molecule has 0 unspecified atom stereocenters. The standard InChI is InChI=1S/C12H19ClO2/c1-12(11(14)15-2)7-6-8-4-3-5-9(13)10(8)12/h8-10H,3-7H2,1-2H3/t8-,9+,10+,12-/m1/s1. The van der Waals surface area contributed by atoms with Crippen LogP contribution in [0.4, 0.5) is 0 Å². The number of halogens is 1. The van der Waals surface area contributed by atoms with E-state index in [2.05, 4.69) is 0 Å². The maximum Gasteiger partial charge on any atom is 0.311 e. The van der Waals surface area contributed by atoms with E-state index < -0.39 is 0 Å². The van der Waals surface area contributed by atoms with Crippen LogP contribution in [0.25, 0.3) is 0 Å². The van der Waals surface area contributed by atoms with E-state index in [1.807, 2.05) is 6.92 Å². The summed E-state index contributed by atoms with van der Waals surface area (Å²) in [6.07, 6.45) is 5.58. The van der Waals surface area contributed by atoms with Gasteiger partial charge in [-0.05, 0) is 38.0 Å². The molecule has 2 saturated carbocycles. The number of esters is 1. The van der Waals surface area contributed by atoms with Crippen molar-refractivity contribution in [2.45, 2.75) is 44.4 Å². The molecule has 0 aromatic carbocycles. The third-order valence-electron chi connectivity index (χ3n) is 4.37. The summed E-state index contributed by atoms with van der Waals surface area (Å²) < 4.78 is 4.94. The van der Waals surface area contributed by atoms with Crippen molar-refractivity contribution in [1.82, 2.24) is 0 Å². The average Bonchev–Trinajstić information content (AvgIpc) is 2.58. The van der Waals surface area contributed by atoms with Gasteiger partial charge in [0.2, 0.25) is 0 Å². The van der Waals surface area contributed by atoms with Crippen molar-refractivity contribution in [3.05, 3.63) is 0 Å². The first-order valence-electron chi connectivity index (χ1n) is 5.82. The van der Waals surface area contributed by atoms with E-state index in [1.54, 1.807) is 0 Å². The second kappa shape index (κ2) is 3.97. The second-order valence-electron chi connectivity index (χ2n) is 5.18. The first-order chi connectivity index (χ1) is 7.09. The van der Waals surface area contributed by atoms with Gasteiger partial charge in [0.25, 0.3) is 0 Å². The number of carbonyl (C=O) groups is 1. The monoisotopic (exact) mass is 230 g/mol. The third kappa shape index (κ3) is 1.67. The minimum absolute atomic E-state index is 0.0671. The molecule has 0 spiro atoms. The first kappa shape index (κ1) is 11.3. The zero-order chi connectivity index (χ0) is 11.1. The van der Waals surface area contributed by atoms with Crippen LogP contribution in [0.3, 0.4) is 0 Å². The van der Waals surface area contributed by atoms with Crippen molar-refractivity contribution in [2.75, 3.05) is 7.11 Å². The summed E-state index contributed by atoms with van der Waals surface area (Å²) >= 11 is 6.40. The Bertz CT molecular complexity index is 266. The quantitative estimate of drug-likeness (QED) is 0.511. The zero-order valence-electron chi connectivity index (χ0n) is 9.46. The highest BCUT2D eigenvalue weighted by Crippen LogP contribution is 2.55. The lowest BCUT2D eigenvalue weighted by atomic mass is 9.70. The molecule has 0 saturated heterocycles. The van der Waals surface area contributed by atoms with Gasteiger partial charge in [-0.25, -0.2) is 0 Å². The Morgan fingerprint density at radius 3 is 2.80 bits per heavy atom. The molecule has 2 fully saturated rings. The highest BCUT2D eigenvalue weighted by atomic mass is 35.5. The second-order valence-corrected chi connectivity index (χ2v) is 5.74. The number of ether oxygens (including phenoxy) is 1. The maximum atomic E-state index is 11.9. The van der Waals surface area contributed by atoms with Gasteiger partial charge in [0.05, 0.1) is 12.5 Å². The van der Waals surface area contributed by atoms with Crippen LogP contribution in [-0.4, -0.2) is 18.5 Å². The van der Waals surface area contributed by atoms with Crippen LogP contribution >= 0.6 is 11.6 Å². The summed E-state index contributed by atoms with van der Waals surface area (Å²) in [5.41, 5.74) is -0.327. The highest BCUT2D eigenvalue weighted by molar-refractivity contribution is 6.21. The number of hydrogen-bond acceptors (Lipinski definition) is 2. The van der Waals surface area contributed by atoms with Crippen LogP contribution in [0.1, 0.15) is 39.0 Å². The molecule has 2 aliphatic carbocycles. The number of hydrogen-bond donors (Lipinski definition) is 0. The fourth-order valence-electron chi connectivity index (χ4n) is 3.60. The summed E-state index contributed by atoms with van der Waals surface area (Å²) in [7, 11) is 1.48. The van der Waals surface area contributed by atoms with Gasteiger partial charge >= 0.3 is 5.97 Å². The highest BCUT2D eigenvalue weighted by Gasteiger charge is 2.54. The molecule has 0 aromatic rings. The van der Waals surface area contributed by atoms with Crippen LogP contribution in [0.5, 0.6) is 0 Å². The smallest absolute Gasteiger partial charge is 0.311 e.